The fraction of sp³-hybridized carbons (Fsp3) is 0.250. The van der Waals surface area contributed by atoms with Crippen molar-refractivity contribution in [2.45, 2.75) is 6.54 Å². The van der Waals surface area contributed by atoms with E-state index in [0.717, 1.165) is 0 Å². The molecule has 0 atom stereocenters. The van der Waals surface area contributed by atoms with Crippen LogP contribution in [0.2, 0.25) is 0 Å². The minimum absolute atomic E-state index is 0.107. The average molecular weight is 169 g/mol. The van der Waals surface area contributed by atoms with Crippen molar-refractivity contribution in [3.8, 4) is 11.5 Å². The van der Waals surface area contributed by atoms with E-state index in [2.05, 4.69) is 0 Å². The second-order valence-electron chi connectivity index (χ2n) is 2.29. The number of methoxy groups -OCH3 is 1. The van der Waals surface area contributed by atoms with Gasteiger partial charge in [0.2, 0.25) is 0 Å². The van der Waals surface area contributed by atoms with Crippen LogP contribution in [0.4, 0.5) is 0 Å². The molecule has 1 aromatic carbocycles. The topological polar surface area (TPSA) is 61.7 Å². The number of rotatable bonds is 3. The van der Waals surface area contributed by atoms with E-state index in [0.29, 0.717) is 11.3 Å². The highest BCUT2D eigenvalue weighted by atomic mass is 16.5. The largest absolute Gasteiger partial charge is 0.507 e. The zero-order valence-electron chi connectivity index (χ0n) is 6.74. The third kappa shape index (κ3) is 1.66. The highest BCUT2D eigenvalue weighted by Crippen LogP contribution is 2.26. The third-order valence-corrected chi connectivity index (χ3v) is 1.58. The Labute approximate surface area is 70.4 Å². The molecule has 0 aliphatic carbocycles. The van der Waals surface area contributed by atoms with E-state index in [1.807, 2.05) is 5.48 Å². The van der Waals surface area contributed by atoms with E-state index in [1.165, 1.54) is 13.2 Å². The van der Waals surface area contributed by atoms with Gasteiger partial charge < -0.3 is 15.1 Å². The Balaban J connectivity index is 3.02. The van der Waals surface area contributed by atoms with Gasteiger partial charge in [-0.15, -0.1) is 0 Å². The highest BCUT2D eigenvalue weighted by molar-refractivity contribution is 5.43. The van der Waals surface area contributed by atoms with Gasteiger partial charge in [0.1, 0.15) is 11.5 Å². The van der Waals surface area contributed by atoms with Gasteiger partial charge in [-0.05, 0) is 12.1 Å². The standard InChI is InChI=1S/C8H11NO3/c1-12-8-4-2-3-7(10)6(8)5-9-11/h2-4,9-11H,5H2,1H3. The minimum Gasteiger partial charge on any atom is -0.507 e. The molecule has 0 radical (unpaired) electrons. The van der Waals surface area contributed by atoms with E-state index < -0.39 is 0 Å². The molecule has 4 heteroatoms. The molecule has 0 fully saturated rings. The summed E-state index contributed by atoms with van der Waals surface area (Å²) in [6.45, 7) is 0.163. The molecule has 3 N–H and O–H groups in total. The molecule has 0 heterocycles. The van der Waals surface area contributed by atoms with Gasteiger partial charge in [0, 0.05) is 0 Å². The molecule has 0 unspecified atom stereocenters. The van der Waals surface area contributed by atoms with Gasteiger partial charge in [-0.1, -0.05) is 6.07 Å². The van der Waals surface area contributed by atoms with Crippen molar-refractivity contribution in [1.82, 2.24) is 5.48 Å². The predicted octanol–water partition coefficient (Wildman–Crippen LogP) is 0.880. The van der Waals surface area contributed by atoms with E-state index >= 15 is 0 Å². The van der Waals surface area contributed by atoms with Crippen LogP contribution >= 0.6 is 0 Å². The van der Waals surface area contributed by atoms with Crippen molar-refractivity contribution < 1.29 is 15.1 Å². The molecule has 0 spiro atoms. The lowest BCUT2D eigenvalue weighted by molar-refractivity contribution is 0.159. The first-order valence-electron chi connectivity index (χ1n) is 3.51. The van der Waals surface area contributed by atoms with E-state index in [9.17, 15) is 5.11 Å². The summed E-state index contributed by atoms with van der Waals surface area (Å²) in [4.78, 5) is 0. The molecule has 12 heavy (non-hydrogen) atoms. The molecule has 0 aliphatic heterocycles. The third-order valence-electron chi connectivity index (χ3n) is 1.58. The number of benzene rings is 1. The van der Waals surface area contributed by atoms with Gasteiger partial charge >= 0.3 is 0 Å². The van der Waals surface area contributed by atoms with Crippen LogP contribution in [0.3, 0.4) is 0 Å². The number of phenols is 1. The second kappa shape index (κ2) is 3.94. The number of hydroxylamine groups is 1. The number of ether oxygens (including phenoxy) is 1. The lowest BCUT2D eigenvalue weighted by atomic mass is 10.2. The van der Waals surface area contributed by atoms with Crippen molar-refractivity contribution in [1.29, 1.82) is 0 Å². The van der Waals surface area contributed by atoms with Gasteiger partial charge in [-0.2, -0.15) is 0 Å². The zero-order valence-corrected chi connectivity index (χ0v) is 6.74. The van der Waals surface area contributed by atoms with E-state index in [-0.39, 0.29) is 12.3 Å². The van der Waals surface area contributed by atoms with Crippen LogP contribution in [0, 0.1) is 0 Å². The Morgan fingerprint density at radius 2 is 2.25 bits per heavy atom. The fourth-order valence-corrected chi connectivity index (χ4v) is 1.00. The van der Waals surface area contributed by atoms with Crippen LogP contribution in [0.5, 0.6) is 11.5 Å². The summed E-state index contributed by atoms with van der Waals surface area (Å²) in [5, 5.41) is 17.8. The van der Waals surface area contributed by atoms with Gasteiger partial charge in [-0.3, -0.25) is 0 Å². The van der Waals surface area contributed by atoms with E-state index in [1.54, 1.807) is 12.1 Å². The fourth-order valence-electron chi connectivity index (χ4n) is 1.00. The van der Waals surface area contributed by atoms with Crippen molar-refractivity contribution >= 4 is 0 Å². The lowest BCUT2D eigenvalue weighted by Gasteiger charge is -2.08. The van der Waals surface area contributed by atoms with Gasteiger partial charge in [0.15, 0.2) is 0 Å². The lowest BCUT2D eigenvalue weighted by Crippen LogP contribution is -2.07. The maximum absolute atomic E-state index is 9.32. The predicted molar refractivity (Wildman–Crippen MR) is 43.3 cm³/mol. The van der Waals surface area contributed by atoms with Crippen LogP contribution < -0.4 is 10.2 Å². The van der Waals surface area contributed by atoms with Crippen LogP contribution in [0.15, 0.2) is 18.2 Å². The number of phenolic OH excluding ortho intramolecular Hbond substituents is 1. The molecule has 0 saturated heterocycles. The summed E-state index contributed by atoms with van der Waals surface area (Å²) in [7, 11) is 1.51. The van der Waals surface area contributed by atoms with Crippen LogP contribution in [-0.2, 0) is 6.54 Å². The summed E-state index contributed by atoms with van der Waals surface area (Å²) < 4.78 is 4.97. The Bertz CT molecular complexity index is 262. The van der Waals surface area contributed by atoms with Gasteiger partial charge in [-0.25, -0.2) is 5.48 Å². The maximum Gasteiger partial charge on any atom is 0.127 e. The van der Waals surface area contributed by atoms with Gasteiger partial charge in [0.05, 0.1) is 19.2 Å². The number of nitrogens with one attached hydrogen (secondary N) is 1. The quantitative estimate of drug-likeness (QED) is 0.588. The zero-order chi connectivity index (χ0) is 8.97. The number of aromatic hydroxyl groups is 1. The first-order valence-corrected chi connectivity index (χ1v) is 3.51. The summed E-state index contributed by atoms with van der Waals surface area (Å²) in [6.07, 6.45) is 0. The molecular weight excluding hydrogens is 158 g/mol. The Morgan fingerprint density at radius 3 is 2.83 bits per heavy atom. The molecule has 0 aliphatic rings. The maximum atomic E-state index is 9.32. The van der Waals surface area contributed by atoms with Gasteiger partial charge in [0.25, 0.3) is 0 Å². The van der Waals surface area contributed by atoms with Crippen LogP contribution in [-0.4, -0.2) is 17.4 Å². The van der Waals surface area contributed by atoms with Crippen molar-refractivity contribution in [2.75, 3.05) is 7.11 Å². The molecule has 1 aromatic rings. The molecule has 1 rings (SSSR count). The van der Waals surface area contributed by atoms with Crippen LogP contribution in [0.1, 0.15) is 5.56 Å². The summed E-state index contributed by atoms with van der Waals surface area (Å²) >= 11 is 0. The first-order chi connectivity index (χ1) is 5.79. The summed E-state index contributed by atoms with van der Waals surface area (Å²) in [5.41, 5.74) is 2.50. The molecular formula is C8H11NO3. The first kappa shape index (κ1) is 8.83. The van der Waals surface area contributed by atoms with Crippen molar-refractivity contribution in [3.05, 3.63) is 23.8 Å². The molecule has 0 amide bonds. The Hall–Kier alpha value is -1.26. The normalized spacial score (nSPS) is 9.83. The molecule has 0 aromatic heterocycles. The number of hydrogen-bond acceptors (Lipinski definition) is 4. The summed E-state index contributed by atoms with van der Waals surface area (Å²) in [6, 6.07) is 4.93. The minimum atomic E-state index is 0.107. The van der Waals surface area contributed by atoms with Crippen LogP contribution in [0.25, 0.3) is 0 Å². The van der Waals surface area contributed by atoms with E-state index in [4.69, 9.17) is 9.94 Å². The molecule has 4 nitrogen and oxygen atoms in total. The highest BCUT2D eigenvalue weighted by Gasteiger charge is 2.06. The van der Waals surface area contributed by atoms with Crippen molar-refractivity contribution in [3.63, 3.8) is 0 Å². The smallest absolute Gasteiger partial charge is 0.127 e. The SMILES string of the molecule is COc1cccc(O)c1CNO. The Kier molecular flexibility index (Phi) is 2.90. The second-order valence-corrected chi connectivity index (χ2v) is 2.29. The van der Waals surface area contributed by atoms with Crippen molar-refractivity contribution in [2.24, 2.45) is 0 Å². The molecule has 0 bridgehead atoms. The molecule has 0 saturated carbocycles. The monoisotopic (exact) mass is 169 g/mol. The number of hydrogen-bond donors (Lipinski definition) is 3. The summed E-state index contributed by atoms with van der Waals surface area (Å²) in [5.74, 6) is 0.660. The average Bonchev–Trinajstić information content (AvgIpc) is 2.09. The molecule has 66 valence electrons. The Morgan fingerprint density at radius 1 is 1.50 bits per heavy atom.